The van der Waals surface area contributed by atoms with Crippen molar-refractivity contribution in [1.29, 1.82) is 0 Å². The predicted octanol–water partition coefficient (Wildman–Crippen LogP) is 3.33. The SMILES string of the molecule is O=C1COc2cc(NCCc3ccccc3)c(Cl)cc2N1. The highest BCUT2D eigenvalue weighted by molar-refractivity contribution is 6.33. The van der Waals surface area contributed by atoms with Gasteiger partial charge < -0.3 is 15.4 Å². The van der Waals surface area contributed by atoms with Gasteiger partial charge in [-0.3, -0.25) is 4.79 Å². The van der Waals surface area contributed by atoms with E-state index in [2.05, 4.69) is 22.8 Å². The second-order valence-electron chi connectivity index (χ2n) is 4.83. The Kier molecular flexibility index (Phi) is 3.97. The third-order valence-electron chi connectivity index (χ3n) is 3.27. The fourth-order valence-electron chi connectivity index (χ4n) is 2.22. The number of anilines is 2. The number of hydrogen-bond donors (Lipinski definition) is 2. The van der Waals surface area contributed by atoms with Crippen LogP contribution in [0.2, 0.25) is 5.02 Å². The van der Waals surface area contributed by atoms with Gasteiger partial charge in [0.25, 0.3) is 5.91 Å². The number of halogens is 1. The summed E-state index contributed by atoms with van der Waals surface area (Å²) >= 11 is 6.22. The Morgan fingerprint density at radius 3 is 2.86 bits per heavy atom. The maximum atomic E-state index is 11.3. The van der Waals surface area contributed by atoms with Gasteiger partial charge in [-0.15, -0.1) is 0 Å². The molecule has 0 unspecified atom stereocenters. The lowest BCUT2D eigenvalue weighted by molar-refractivity contribution is -0.118. The molecule has 2 aromatic rings. The Morgan fingerprint density at radius 1 is 1.24 bits per heavy atom. The molecule has 0 aliphatic carbocycles. The molecule has 2 N–H and O–H groups in total. The Hall–Kier alpha value is -2.20. The van der Waals surface area contributed by atoms with Crippen molar-refractivity contribution in [1.82, 2.24) is 0 Å². The van der Waals surface area contributed by atoms with Crippen molar-refractivity contribution in [2.45, 2.75) is 6.42 Å². The summed E-state index contributed by atoms with van der Waals surface area (Å²) in [7, 11) is 0. The van der Waals surface area contributed by atoms with E-state index >= 15 is 0 Å². The molecule has 2 aromatic carbocycles. The van der Waals surface area contributed by atoms with E-state index in [0.717, 1.165) is 18.7 Å². The molecule has 1 aliphatic rings. The first kappa shape index (κ1) is 13.8. The van der Waals surface area contributed by atoms with Crippen LogP contribution < -0.4 is 15.4 Å². The minimum atomic E-state index is -0.164. The van der Waals surface area contributed by atoms with Crippen molar-refractivity contribution in [3.05, 3.63) is 53.1 Å². The van der Waals surface area contributed by atoms with Crippen LogP contribution in [0.25, 0.3) is 0 Å². The van der Waals surface area contributed by atoms with Gasteiger partial charge in [-0.2, -0.15) is 0 Å². The summed E-state index contributed by atoms with van der Waals surface area (Å²) < 4.78 is 5.39. The molecule has 0 radical (unpaired) electrons. The van der Waals surface area contributed by atoms with Crippen LogP contribution in [-0.4, -0.2) is 19.1 Å². The van der Waals surface area contributed by atoms with Crippen LogP contribution in [0.5, 0.6) is 5.75 Å². The van der Waals surface area contributed by atoms with Crippen LogP contribution in [-0.2, 0) is 11.2 Å². The maximum absolute atomic E-state index is 11.3. The lowest BCUT2D eigenvalue weighted by Gasteiger charge is -2.20. The van der Waals surface area contributed by atoms with Crippen LogP contribution in [0.3, 0.4) is 0 Å². The highest BCUT2D eigenvalue weighted by Crippen LogP contribution is 2.36. The quantitative estimate of drug-likeness (QED) is 0.911. The Morgan fingerprint density at radius 2 is 2.05 bits per heavy atom. The molecule has 0 aromatic heterocycles. The topological polar surface area (TPSA) is 50.4 Å². The summed E-state index contributed by atoms with van der Waals surface area (Å²) in [5.74, 6) is 0.476. The van der Waals surface area contributed by atoms with Crippen molar-refractivity contribution >= 4 is 28.9 Å². The van der Waals surface area contributed by atoms with Gasteiger partial charge in [-0.1, -0.05) is 41.9 Å². The third-order valence-corrected chi connectivity index (χ3v) is 3.59. The maximum Gasteiger partial charge on any atom is 0.262 e. The molecule has 0 atom stereocenters. The molecule has 0 saturated heterocycles. The van der Waals surface area contributed by atoms with E-state index in [0.29, 0.717) is 16.5 Å². The molecule has 1 heterocycles. The van der Waals surface area contributed by atoms with Crippen molar-refractivity contribution in [2.24, 2.45) is 0 Å². The molecule has 1 amide bonds. The Balaban J connectivity index is 1.67. The molecule has 4 nitrogen and oxygen atoms in total. The van der Waals surface area contributed by atoms with Crippen molar-refractivity contribution < 1.29 is 9.53 Å². The number of fused-ring (bicyclic) bond motifs is 1. The van der Waals surface area contributed by atoms with E-state index in [9.17, 15) is 4.79 Å². The second-order valence-corrected chi connectivity index (χ2v) is 5.23. The zero-order chi connectivity index (χ0) is 14.7. The van der Waals surface area contributed by atoms with Crippen LogP contribution in [0, 0.1) is 0 Å². The van der Waals surface area contributed by atoms with E-state index in [1.54, 1.807) is 6.07 Å². The predicted molar refractivity (Wildman–Crippen MR) is 84.2 cm³/mol. The summed E-state index contributed by atoms with van der Waals surface area (Å²) in [6.45, 7) is 0.812. The molecular weight excluding hydrogens is 288 g/mol. The number of amides is 1. The van der Waals surface area contributed by atoms with Gasteiger partial charge in [-0.25, -0.2) is 0 Å². The molecular formula is C16H15ClN2O2. The molecule has 3 rings (SSSR count). The van der Waals surface area contributed by atoms with Gasteiger partial charge in [0.1, 0.15) is 5.75 Å². The summed E-state index contributed by atoms with van der Waals surface area (Å²) in [6, 6.07) is 13.8. The van der Waals surface area contributed by atoms with E-state index in [4.69, 9.17) is 16.3 Å². The smallest absolute Gasteiger partial charge is 0.262 e. The molecule has 21 heavy (non-hydrogen) atoms. The molecule has 0 saturated carbocycles. The summed E-state index contributed by atoms with van der Waals surface area (Å²) in [5, 5.41) is 6.59. The highest BCUT2D eigenvalue weighted by atomic mass is 35.5. The summed E-state index contributed by atoms with van der Waals surface area (Å²) in [4.78, 5) is 11.3. The van der Waals surface area contributed by atoms with Gasteiger partial charge in [0.05, 0.1) is 16.4 Å². The summed E-state index contributed by atoms with van der Waals surface area (Å²) in [5.41, 5.74) is 2.69. The largest absolute Gasteiger partial charge is 0.482 e. The minimum absolute atomic E-state index is 0.0398. The van der Waals surface area contributed by atoms with Gasteiger partial charge in [0.2, 0.25) is 0 Å². The molecule has 0 spiro atoms. The Labute approximate surface area is 128 Å². The first-order valence-corrected chi connectivity index (χ1v) is 7.14. The number of nitrogens with one attached hydrogen (secondary N) is 2. The Bertz CT molecular complexity index is 659. The van der Waals surface area contributed by atoms with Crippen molar-refractivity contribution in [2.75, 3.05) is 23.8 Å². The summed E-state index contributed by atoms with van der Waals surface area (Å²) in [6.07, 6.45) is 0.909. The van der Waals surface area contributed by atoms with Crippen molar-refractivity contribution in [3.8, 4) is 5.75 Å². The average molecular weight is 303 g/mol. The molecule has 5 heteroatoms. The average Bonchev–Trinajstić information content (AvgIpc) is 2.49. The fraction of sp³-hybridized carbons (Fsp3) is 0.188. The fourth-order valence-corrected chi connectivity index (χ4v) is 2.45. The van der Waals surface area contributed by atoms with E-state index in [1.165, 1.54) is 5.56 Å². The second kappa shape index (κ2) is 6.06. The van der Waals surface area contributed by atoms with Crippen LogP contribution >= 0.6 is 11.6 Å². The molecule has 108 valence electrons. The number of carbonyl (C=O) groups is 1. The normalized spacial score (nSPS) is 13.1. The van der Waals surface area contributed by atoms with E-state index in [1.807, 2.05) is 24.3 Å². The number of hydrogen-bond acceptors (Lipinski definition) is 3. The number of rotatable bonds is 4. The lowest BCUT2D eigenvalue weighted by Crippen LogP contribution is -2.25. The van der Waals surface area contributed by atoms with E-state index < -0.39 is 0 Å². The standard InChI is InChI=1S/C16H15ClN2O2/c17-12-8-14-15(21-10-16(20)19-14)9-13(12)18-7-6-11-4-2-1-3-5-11/h1-5,8-9,18H,6-7,10H2,(H,19,20). The van der Waals surface area contributed by atoms with Gasteiger partial charge in [-0.05, 0) is 18.1 Å². The first-order valence-electron chi connectivity index (χ1n) is 6.76. The highest BCUT2D eigenvalue weighted by Gasteiger charge is 2.17. The zero-order valence-electron chi connectivity index (χ0n) is 11.4. The van der Waals surface area contributed by atoms with Gasteiger partial charge >= 0.3 is 0 Å². The molecule has 0 fully saturated rings. The van der Waals surface area contributed by atoms with Crippen LogP contribution in [0.1, 0.15) is 5.56 Å². The minimum Gasteiger partial charge on any atom is -0.482 e. The monoisotopic (exact) mass is 302 g/mol. The first-order chi connectivity index (χ1) is 10.2. The van der Waals surface area contributed by atoms with Gasteiger partial charge in [0.15, 0.2) is 6.61 Å². The van der Waals surface area contributed by atoms with Gasteiger partial charge in [0, 0.05) is 12.6 Å². The lowest BCUT2D eigenvalue weighted by atomic mass is 10.1. The number of benzene rings is 2. The van der Waals surface area contributed by atoms with Crippen LogP contribution in [0.4, 0.5) is 11.4 Å². The van der Waals surface area contributed by atoms with Crippen LogP contribution in [0.15, 0.2) is 42.5 Å². The number of carbonyl (C=O) groups excluding carboxylic acids is 1. The van der Waals surface area contributed by atoms with E-state index in [-0.39, 0.29) is 12.5 Å². The molecule has 0 bridgehead atoms. The molecule has 1 aliphatic heterocycles. The number of ether oxygens (including phenoxy) is 1. The van der Waals surface area contributed by atoms with Crippen molar-refractivity contribution in [3.63, 3.8) is 0 Å². The zero-order valence-corrected chi connectivity index (χ0v) is 12.1. The third kappa shape index (κ3) is 3.28.